The van der Waals surface area contributed by atoms with Crippen LogP contribution >= 0.6 is 0 Å². The Morgan fingerprint density at radius 1 is 1.36 bits per heavy atom. The van der Waals surface area contributed by atoms with Crippen LogP contribution in [0.5, 0.6) is 0 Å². The van der Waals surface area contributed by atoms with E-state index in [0.717, 1.165) is 18.5 Å². The van der Waals surface area contributed by atoms with E-state index in [1.165, 1.54) is 0 Å². The van der Waals surface area contributed by atoms with E-state index in [1.807, 2.05) is 20.8 Å². The Kier molecular flexibility index (Phi) is 3.58. The number of hydrogen-bond donors (Lipinski definition) is 1. The number of aromatic nitrogens is 2. The van der Waals surface area contributed by atoms with Crippen LogP contribution in [0.4, 0.5) is 0 Å². The van der Waals surface area contributed by atoms with Crippen molar-refractivity contribution in [3.05, 3.63) is 24.3 Å². The van der Waals surface area contributed by atoms with Gasteiger partial charge < -0.3 is 5.11 Å². The second kappa shape index (κ2) is 4.51. The van der Waals surface area contributed by atoms with Crippen LogP contribution < -0.4 is 0 Å². The van der Waals surface area contributed by atoms with Gasteiger partial charge in [0.05, 0.1) is 11.8 Å². The predicted octanol–water partition coefficient (Wildman–Crippen LogP) is 1.82. The zero-order chi connectivity index (χ0) is 10.6. The van der Waals surface area contributed by atoms with Crippen molar-refractivity contribution in [2.24, 2.45) is 5.41 Å². The first-order valence-corrected chi connectivity index (χ1v) is 4.93. The summed E-state index contributed by atoms with van der Waals surface area (Å²) in [5, 5.41) is 9.80. The van der Waals surface area contributed by atoms with E-state index in [-0.39, 0.29) is 11.5 Å². The molecule has 0 amide bonds. The fourth-order valence-corrected chi connectivity index (χ4v) is 1.18. The molecule has 1 unspecified atom stereocenters. The van der Waals surface area contributed by atoms with Crippen LogP contribution in [0.15, 0.2) is 18.6 Å². The molecule has 1 heterocycles. The molecule has 1 aromatic rings. The highest BCUT2D eigenvalue weighted by Gasteiger charge is 2.21. The van der Waals surface area contributed by atoms with E-state index in [0.29, 0.717) is 0 Å². The molecule has 0 saturated carbocycles. The Morgan fingerprint density at radius 2 is 2.07 bits per heavy atom. The molecule has 0 bridgehead atoms. The fourth-order valence-electron chi connectivity index (χ4n) is 1.18. The van der Waals surface area contributed by atoms with E-state index in [9.17, 15) is 5.11 Å². The number of aryl methyl sites for hydroxylation is 1. The van der Waals surface area contributed by atoms with E-state index in [2.05, 4.69) is 9.97 Å². The van der Waals surface area contributed by atoms with Gasteiger partial charge in [0, 0.05) is 18.6 Å². The quantitative estimate of drug-likeness (QED) is 0.798. The van der Waals surface area contributed by atoms with Gasteiger partial charge in [-0.25, -0.2) is 0 Å². The van der Waals surface area contributed by atoms with Gasteiger partial charge in [0.15, 0.2) is 0 Å². The van der Waals surface area contributed by atoms with Crippen LogP contribution in [0.1, 0.15) is 32.9 Å². The SMILES string of the molecule is CC(C)(C)C(O)CCc1cnccn1. The fraction of sp³-hybridized carbons (Fsp3) is 0.636. The van der Waals surface area contributed by atoms with Crippen LogP contribution in [0, 0.1) is 5.41 Å². The van der Waals surface area contributed by atoms with Gasteiger partial charge in [-0.15, -0.1) is 0 Å². The van der Waals surface area contributed by atoms with E-state index in [4.69, 9.17) is 0 Å². The molecule has 78 valence electrons. The summed E-state index contributed by atoms with van der Waals surface area (Å²) < 4.78 is 0. The minimum Gasteiger partial charge on any atom is -0.393 e. The lowest BCUT2D eigenvalue weighted by atomic mass is 9.86. The average molecular weight is 194 g/mol. The van der Waals surface area contributed by atoms with Crippen molar-refractivity contribution in [2.75, 3.05) is 0 Å². The van der Waals surface area contributed by atoms with Gasteiger partial charge in [-0.05, 0) is 18.3 Å². The molecule has 0 spiro atoms. The molecule has 0 fully saturated rings. The Labute approximate surface area is 85.2 Å². The van der Waals surface area contributed by atoms with Crippen molar-refractivity contribution in [2.45, 2.75) is 39.7 Å². The van der Waals surface area contributed by atoms with E-state index in [1.54, 1.807) is 18.6 Å². The van der Waals surface area contributed by atoms with Gasteiger partial charge in [-0.2, -0.15) is 0 Å². The van der Waals surface area contributed by atoms with Crippen LogP contribution in [0.25, 0.3) is 0 Å². The van der Waals surface area contributed by atoms with Gasteiger partial charge in [-0.3, -0.25) is 9.97 Å². The van der Waals surface area contributed by atoms with Crippen molar-refractivity contribution in [3.8, 4) is 0 Å². The van der Waals surface area contributed by atoms with Crippen molar-refractivity contribution < 1.29 is 5.11 Å². The lowest BCUT2D eigenvalue weighted by molar-refractivity contribution is 0.0558. The first-order chi connectivity index (χ1) is 6.50. The zero-order valence-corrected chi connectivity index (χ0v) is 9.07. The summed E-state index contributed by atoms with van der Waals surface area (Å²) in [6.45, 7) is 6.11. The highest BCUT2D eigenvalue weighted by atomic mass is 16.3. The molecule has 1 atom stereocenters. The van der Waals surface area contributed by atoms with Gasteiger partial charge in [0.1, 0.15) is 0 Å². The lowest BCUT2D eigenvalue weighted by Crippen LogP contribution is -2.26. The summed E-state index contributed by atoms with van der Waals surface area (Å²) >= 11 is 0. The standard InChI is InChI=1S/C11H18N2O/c1-11(2,3)10(14)5-4-9-8-12-6-7-13-9/h6-8,10,14H,4-5H2,1-3H3. The maximum absolute atomic E-state index is 9.80. The monoisotopic (exact) mass is 194 g/mol. The number of aliphatic hydroxyl groups is 1. The third-order valence-corrected chi connectivity index (χ3v) is 2.29. The number of hydrogen-bond acceptors (Lipinski definition) is 3. The first-order valence-electron chi connectivity index (χ1n) is 4.93. The van der Waals surface area contributed by atoms with Gasteiger partial charge in [0.2, 0.25) is 0 Å². The predicted molar refractivity (Wildman–Crippen MR) is 55.8 cm³/mol. The second-order valence-electron chi connectivity index (χ2n) is 4.62. The first kappa shape index (κ1) is 11.1. The summed E-state index contributed by atoms with van der Waals surface area (Å²) in [5.41, 5.74) is 0.887. The summed E-state index contributed by atoms with van der Waals surface area (Å²) in [6, 6.07) is 0. The average Bonchev–Trinajstić information content (AvgIpc) is 2.14. The van der Waals surface area contributed by atoms with Crippen molar-refractivity contribution in [1.29, 1.82) is 0 Å². The number of nitrogens with zero attached hydrogens (tertiary/aromatic N) is 2. The topological polar surface area (TPSA) is 46.0 Å². The Bertz CT molecular complexity index is 266. The van der Waals surface area contributed by atoms with E-state index < -0.39 is 0 Å². The summed E-state index contributed by atoms with van der Waals surface area (Å²) in [4.78, 5) is 8.14. The molecular weight excluding hydrogens is 176 g/mol. The Hall–Kier alpha value is -0.960. The van der Waals surface area contributed by atoms with Gasteiger partial charge in [-0.1, -0.05) is 20.8 Å². The lowest BCUT2D eigenvalue weighted by Gasteiger charge is -2.25. The maximum Gasteiger partial charge on any atom is 0.0592 e. The normalized spacial score (nSPS) is 14.0. The largest absolute Gasteiger partial charge is 0.393 e. The van der Waals surface area contributed by atoms with Crippen LogP contribution in [0.3, 0.4) is 0 Å². The number of aliphatic hydroxyl groups excluding tert-OH is 1. The summed E-state index contributed by atoms with van der Waals surface area (Å²) in [5.74, 6) is 0. The molecule has 0 aliphatic heterocycles. The molecule has 0 aliphatic rings. The van der Waals surface area contributed by atoms with Crippen LogP contribution in [-0.2, 0) is 6.42 Å². The second-order valence-corrected chi connectivity index (χ2v) is 4.62. The molecule has 1 N–H and O–H groups in total. The minimum atomic E-state index is -0.287. The third-order valence-electron chi connectivity index (χ3n) is 2.29. The Morgan fingerprint density at radius 3 is 2.57 bits per heavy atom. The van der Waals surface area contributed by atoms with Crippen molar-refractivity contribution in [1.82, 2.24) is 9.97 Å². The van der Waals surface area contributed by atoms with E-state index >= 15 is 0 Å². The molecule has 0 saturated heterocycles. The third kappa shape index (κ3) is 3.42. The smallest absolute Gasteiger partial charge is 0.0592 e. The summed E-state index contributed by atoms with van der Waals surface area (Å²) in [7, 11) is 0. The highest BCUT2D eigenvalue weighted by Crippen LogP contribution is 2.22. The molecule has 1 rings (SSSR count). The van der Waals surface area contributed by atoms with Crippen LogP contribution in [0.2, 0.25) is 0 Å². The minimum absolute atomic E-state index is 0.0534. The molecule has 3 heteroatoms. The molecular formula is C11H18N2O. The van der Waals surface area contributed by atoms with Gasteiger partial charge in [0.25, 0.3) is 0 Å². The van der Waals surface area contributed by atoms with Crippen molar-refractivity contribution in [3.63, 3.8) is 0 Å². The van der Waals surface area contributed by atoms with Crippen molar-refractivity contribution >= 4 is 0 Å². The summed E-state index contributed by atoms with van der Waals surface area (Å²) in [6.07, 6.45) is 6.32. The maximum atomic E-state index is 9.80. The molecule has 0 radical (unpaired) electrons. The van der Waals surface area contributed by atoms with Crippen LogP contribution in [-0.4, -0.2) is 21.2 Å². The zero-order valence-electron chi connectivity index (χ0n) is 9.07. The molecule has 14 heavy (non-hydrogen) atoms. The Balaban J connectivity index is 2.42. The molecule has 3 nitrogen and oxygen atoms in total. The molecule has 0 aliphatic carbocycles. The highest BCUT2D eigenvalue weighted by molar-refractivity contribution is 4.95. The van der Waals surface area contributed by atoms with Gasteiger partial charge >= 0.3 is 0 Å². The molecule has 0 aromatic carbocycles. The number of rotatable bonds is 3. The molecule has 1 aromatic heterocycles.